The molecule has 0 bridgehead atoms. The maximum atomic E-state index is 12.5. The molecule has 1 amide bonds. The van der Waals surface area contributed by atoms with Crippen LogP contribution in [0.3, 0.4) is 0 Å². The Kier molecular flexibility index (Phi) is 4.45. The topological polar surface area (TPSA) is 29.1 Å². The normalized spacial score (nSPS) is 17.1. The van der Waals surface area contributed by atoms with Gasteiger partial charge in [-0.1, -0.05) is 40.2 Å². The van der Waals surface area contributed by atoms with E-state index in [1.165, 1.54) is 11.1 Å². The Labute approximate surface area is 141 Å². The summed E-state index contributed by atoms with van der Waals surface area (Å²) in [7, 11) is 0. The SMILES string of the molecule is O=C(NC1CCCc2ccccc21)c1ccc(Br)cc1Br. The third-order valence-corrected chi connectivity index (χ3v) is 5.00. The molecule has 0 saturated heterocycles. The summed E-state index contributed by atoms with van der Waals surface area (Å²) in [6.07, 6.45) is 3.21. The number of carbonyl (C=O) groups excluding carboxylic acids is 1. The summed E-state index contributed by atoms with van der Waals surface area (Å²) < 4.78 is 1.76. The fraction of sp³-hybridized carbons (Fsp3) is 0.235. The van der Waals surface area contributed by atoms with E-state index in [9.17, 15) is 4.79 Å². The van der Waals surface area contributed by atoms with Crippen LogP contribution < -0.4 is 5.32 Å². The van der Waals surface area contributed by atoms with Gasteiger partial charge in [-0.2, -0.15) is 0 Å². The summed E-state index contributed by atoms with van der Waals surface area (Å²) in [5.74, 6) is -0.0314. The van der Waals surface area contributed by atoms with Crippen LogP contribution in [0.2, 0.25) is 0 Å². The monoisotopic (exact) mass is 407 g/mol. The van der Waals surface area contributed by atoms with E-state index in [0.29, 0.717) is 5.56 Å². The van der Waals surface area contributed by atoms with Gasteiger partial charge in [0.05, 0.1) is 11.6 Å². The van der Waals surface area contributed by atoms with E-state index in [-0.39, 0.29) is 11.9 Å². The largest absolute Gasteiger partial charge is 0.345 e. The molecule has 2 nitrogen and oxygen atoms in total. The zero-order chi connectivity index (χ0) is 14.8. The molecule has 21 heavy (non-hydrogen) atoms. The quantitative estimate of drug-likeness (QED) is 0.742. The molecule has 3 rings (SSSR count). The van der Waals surface area contributed by atoms with Gasteiger partial charge in [0.25, 0.3) is 5.91 Å². The Morgan fingerprint density at radius 3 is 2.76 bits per heavy atom. The third-order valence-electron chi connectivity index (χ3n) is 3.85. The second-order valence-electron chi connectivity index (χ2n) is 5.24. The van der Waals surface area contributed by atoms with Gasteiger partial charge >= 0.3 is 0 Å². The first kappa shape index (κ1) is 14.8. The number of halogens is 2. The molecular formula is C17H15Br2NO. The highest BCUT2D eigenvalue weighted by Gasteiger charge is 2.22. The number of benzene rings is 2. The molecule has 0 saturated carbocycles. The second-order valence-corrected chi connectivity index (χ2v) is 7.01. The summed E-state index contributed by atoms with van der Waals surface area (Å²) in [5, 5.41) is 3.17. The van der Waals surface area contributed by atoms with Crippen molar-refractivity contribution in [3.05, 3.63) is 68.1 Å². The first-order chi connectivity index (χ1) is 10.1. The van der Waals surface area contributed by atoms with E-state index in [0.717, 1.165) is 28.2 Å². The minimum atomic E-state index is -0.0314. The molecule has 0 spiro atoms. The number of hydrogen-bond donors (Lipinski definition) is 1. The van der Waals surface area contributed by atoms with Crippen LogP contribution in [0.15, 0.2) is 51.4 Å². The van der Waals surface area contributed by atoms with Crippen molar-refractivity contribution in [2.75, 3.05) is 0 Å². The minimum Gasteiger partial charge on any atom is -0.345 e. The maximum Gasteiger partial charge on any atom is 0.252 e. The van der Waals surface area contributed by atoms with Crippen molar-refractivity contribution in [2.24, 2.45) is 0 Å². The standard InChI is InChI=1S/C17H15Br2NO/c18-12-8-9-14(15(19)10-12)17(21)20-16-7-3-5-11-4-1-2-6-13(11)16/h1-2,4,6,8-10,16H,3,5,7H2,(H,20,21). The smallest absolute Gasteiger partial charge is 0.252 e. The van der Waals surface area contributed by atoms with E-state index < -0.39 is 0 Å². The summed E-state index contributed by atoms with van der Waals surface area (Å²) in [6, 6.07) is 14.1. The lowest BCUT2D eigenvalue weighted by molar-refractivity contribution is 0.0932. The van der Waals surface area contributed by atoms with Gasteiger partial charge in [0.15, 0.2) is 0 Å². The lowest BCUT2D eigenvalue weighted by Crippen LogP contribution is -2.31. The van der Waals surface area contributed by atoms with Crippen LogP contribution in [0.1, 0.15) is 40.4 Å². The molecule has 0 fully saturated rings. The number of carbonyl (C=O) groups is 1. The molecule has 2 aromatic carbocycles. The maximum absolute atomic E-state index is 12.5. The number of nitrogens with one attached hydrogen (secondary N) is 1. The molecule has 4 heteroatoms. The van der Waals surface area contributed by atoms with Crippen molar-refractivity contribution in [2.45, 2.75) is 25.3 Å². The highest BCUT2D eigenvalue weighted by Crippen LogP contribution is 2.30. The number of aryl methyl sites for hydroxylation is 1. The number of rotatable bonds is 2. The Balaban J connectivity index is 1.83. The molecule has 1 unspecified atom stereocenters. The van der Waals surface area contributed by atoms with Crippen molar-refractivity contribution in [1.29, 1.82) is 0 Å². The first-order valence-electron chi connectivity index (χ1n) is 6.99. The first-order valence-corrected chi connectivity index (χ1v) is 8.57. The summed E-state index contributed by atoms with van der Waals surface area (Å²) in [5.41, 5.74) is 3.27. The zero-order valence-electron chi connectivity index (χ0n) is 11.4. The van der Waals surface area contributed by atoms with Gasteiger partial charge in [0.2, 0.25) is 0 Å². The van der Waals surface area contributed by atoms with Gasteiger partial charge in [0.1, 0.15) is 0 Å². The Bertz CT molecular complexity index is 684. The van der Waals surface area contributed by atoms with Crippen LogP contribution in [0, 0.1) is 0 Å². The van der Waals surface area contributed by atoms with Crippen molar-refractivity contribution >= 4 is 37.8 Å². The van der Waals surface area contributed by atoms with Gasteiger partial charge in [-0.25, -0.2) is 0 Å². The van der Waals surface area contributed by atoms with E-state index >= 15 is 0 Å². The van der Waals surface area contributed by atoms with Crippen molar-refractivity contribution in [1.82, 2.24) is 5.32 Å². The fourth-order valence-corrected chi connectivity index (χ4v) is 4.04. The van der Waals surface area contributed by atoms with E-state index in [4.69, 9.17) is 0 Å². The highest BCUT2D eigenvalue weighted by atomic mass is 79.9. The van der Waals surface area contributed by atoms with Crippen LogP contribution in [0.4, 0.5) is 0 Å². The van der Waals surface area contributed by atoms with E-state index in [2.05, 4.69) is 55.4 Å². The van der Waals surface area contributed by atoms with Crippen LogP contribution in [-0.4, -0.2) is 5.91 Å². The highest BCUT2D eigenvalue weighted by molar-refractivity contribution is 9.11. The number of hydrogen-bond acceptors (Lipinski definition) is 1. The number of amides is 1. The molecule has 0 aromatic heterocycles. The minimum absolute atomic E-state index is 0.0314. The van der Waals surface area contributed by atoms with Gasteiger partial charge in [-0.3, -0.25) is 4.79 Å². The molecule has 108 valence electrons. The van der Waals surface area contributed by atoms with Gasteiger partial charge in [0, 0.05) is 8.95 Å². The predicted molar refractivity (Wildman–Crippen MR) is 91.4 cm³/mol. The molecule has 0 heterocycles. The Hall–Kier alpha value is -1.13. The Morgan fingerprint density at radius 2 is 1.95 bits per heavy atom. The van der Waals surface area contributed by atoms with Crippen molar-refractivity contribution in [3.8, 4) is 0 Å². The average molecular weight is 409 g/mol. The summed E-state index contributed by atoms with van der Waals surface area (Å²) in [4.78, 5) is 12.5. The molecule has 1 aliphatic rings. The lowest BCUT2D eigenvalue weighted by atomic mass is 9.87. The van der Waals surface area contributed by atoms with Crippen LogP contribution >= 0.6 is 31.9 Å². The second kappa shape index (κ2) is 6.32. The summed E-state index contributed by atoms with van der Waals surface area (Å²) >= 11 is 6.86. The lowest BCUT2D eigenvalue weighted by Gasteiger charge is -2.26. The van der Waals surface area contributed by atoms with Crippen LogP contribution in [-0.2, 0) is 6.42 Å². The molecule has 2 aromatic rings. The van der Waals surface area contributed by atoms with Gasteiger partial charge in [-0.05, 0) is 64.5 Å². The van der Waals surface area contributed by atoms with Crippen LogP contribution in [0.5, 0.6) is 0 Å². The molecule has 1 N–H and O–H groups in total. The predicted octanol–water partition coefficient (Wildman–Crippen LogP) is 5.02. The fourth-order valence-electron chi connectivity index (χ4n) is 2.81. The molecule has 0 radical (unpaired) electrons. The van der Waals surface area contributed by atoms with Crippen LogP contribution in [0.25, 0.3) is 0 Å². The van der Waals surface area contributed by atoms with Gasteiger partial charge in [-0.15, -0.1) is 0 Å². The zero-order valence-corrected chi connectivity index (χ0v) is 14.6. The Morgan fingerprint density at radius 1 is 1.14 bits per heavy atom. The van der Waals surface area contributed by atoms with Gasteiger partial charge < -0.3 is 5.32 Å². The van der Waals surface area contributed by atoms with E-state index in [1.807, 2.05) is 24.3 Å². The molecular weight excluding hydrogens is 394 g/mol. The summed E-state index contributed by atoms with van der Waals surface area (Å²) in [6.45, 7) is 0. The number of fused-ring (bicyclic) bond motifs is 1. The molecule has 1 aliphatic carbocycles. The molecule has 0 aliphatic heterocycles. The third kappa shape index (κ3) is 3.22. The molecule has 1 atom stereocenters. The van der Waals surface area contributed by atoms with E-state index in [1.54, 1.807) is 0 Å². The van der Waals surface area contributed by atoms with Crippen molar-refractivity contribution in [3.63, 3.8) is 0 Å². The van der Waals surface area contributed by atoms with Crippen molar-refractivity contribution < 1.29 is 4.79 Å². The average Bonchev–Trinajstić information content (AvgIpc) is 2.47.